The fraction of sp³-hybridized carbons (Fsp3) is 0.136. The predicted octanol–water partition coefficient (Wildman–Crippen LogP) is 11.8. The van der Waals surface area contributed by atoms with Crippen LogP contribution in [0.3, 0.4) is 0 Å². The molecule has 0 bridgehead atoms. The molecule has 0 spiro atoms. The van der Waals surface area contributed by atoms with Crippen LogP contribution >= 0.6 is 0 Å². The van der Waals surface area contributed by atoms with Crippen LogP contribution in [0.15, 0.2) is 133 Å². The van der Waals surface area contributed by atoms with E-state index in [0.717, 1.165) is 5.69 Å². The molecule has 220 valence electrons. The van der Waals surface area contributed by atoms with Gasteiger partial charge in [0, 0.05) is 38.4 Å². The number of aromatic nitrogens is 1. The number of hydrogen-bond acceptors (Lipinski definition) is 1. The summed E-state index contributed by atoms with van der Waals surface area (Å²) in [6, 6.07) is 49.8. The molecule has 0 atom stereocenters. The minimum atomic E-state index is -0.189. The van der Waals surface area contributed by atoms with Gasteiger partial charge < -0.3 is 9.47 Å². The van der Waals surface area contributed by atoms with E-state index in [-0.39, 0.29) is 10.8 Å². The van der Waals surface area contributed by atoms with Gasteiger partial charge in [-0.3, -0.25) is 0 Å². The lowest BCUT2D eigenvalue weighted by atomic mass is 9.68. The zero-order valence-electron chi connectivity index (χ0n) is 26.6. The summed E-state index contributed by atoms with van der Waals surface area (Å²) >= 11 is 0. The van der Waals surface area contributed by atoms with Crippen LogP contribution < -0.4 is 4.90 Å². The van der Waals surface area contributed by atoms with Crippen molar-refractivity contribution in [3.63, 3.8) is 0 Å². The number of fused-ring (bicyclic) bond motifs is 4. The number of para-hydroxylation sites is 3. The number of nitrogens with zero attached hydrogens (tertiary/aromatic N) is 2. The average Bonchev–Trinajstić information content (AvgIpc) is 3.42. The van der Waals surface area contributed by atoms with Gasteiger partial charge in [-0.05, 0) is 68.7 Å². The maximum Gasteiger partial charge on any atom is 0.0583 e. The molecule has 0 fully saturated rings. The summed E-state index contributed by atoms with van der Waals surface area (Å²) in [5.41, 5.74) is 12.9. The molecule has 2 aliphatic rings. The molecule has 46 heavy (non-hydrogen) atoms. The summed E-state index contributed by atoms with van der Waals surface area (Å²) in [6.45, 7) is 9.63. The van der Waals surface area contributed by atoms with E-state index in [0.29, 0.717) is 0 Å². The third-order valence-corrected chi connectivity index (χ3v) is 11.1. The molecule has 2 nitrogen and oxygen atoms in total. The topological polar surface area (TPSA) is 8.17 Å². The highest BCUT2D eigenvalue weighted by Crippen LogP contribution is 2.56. The molecule has 2 aliphatic heterocycles. The number of benzene rings is 7. The smallest absolute Gasteiger partial charge is 0.0583 e. The van der Waals surface area contributed by atoms with Crippen LogP contribution in [0, 0.1) is 0 Å². The highest BCUT2D eigenvalue weighted by atomic mass is 15.1. The van der Waals surface area contributed by atoms with Crippen LogP contribution in [0.5, 0.6) is 0 Å². The van der Waals surface area contributed by atoms with Gasteiger partial charge in [-0.25, -0.2) is 0 Å². The second-order valence-electron chi connectivity index (χ2n) is 14.2. The van der Waals surface area contributed by atoms with Crippen LogP contribution in [0.25, 0.3) is 49.0 Å². The Hall–Kier alpha value is -5.34. The van der Waals surface area contributed by atoms with E-state index in [9.17, 15) is 0 Å². The molecule has 0 saturated carbocycles. The van der Waals surface area contributed by atoms with Gasteiger partial charge in [0.2, 0.25) is 0 Å². The van der Waals surface area contributed by atoms with Crippen molar-refractivity contribution in [1.29, 1.82) is 0 Å². The summed E-state index contributed by atoms with van der Waals surface area (Å²) in [5.74, 6) is 0. The highest BCUT2D eigenvalue weighted by molar-refractivity contribution is 6.17. The van der Waals surface area contributed by atoms with Gasteiger partial charge in [0.15, 0.2) is 0 Å². The number of rotatable bonds is 3. The Bertz CT molecular complexity index is 2580. The molecule has 0 saturated heterocycles. The molecule has 2 heteroatoms. The first kappa shape index (κ1) is 25.9. The lowest BCUT2D eigenvalue weighted by Crippen LogP contribution is -2.33. The fourth-order valence-corrected chi connectivity index (χ4v) is 8.82. The Kier molecular flexibility index (Phi) is 4.89. The second-order valence-corrected chi connectivity index (χ2v) is 14.2. The van der Waals surface area contributed by atoms with Crippen molar-refractivity contribution in [1.82, 2.24) is 4.57 Å². The lowest BCUT2D eigenvalue weighted by Gasteiger charge is -2.42. The summed E-state index contributed by atoms with van der Waals surface area (Å²) in [7, 11) is 0. The molecule has 0 aliphatic carbocycles. The Balaban J connectivity index is 1.38. The first-order chi connectivity index (χ1) is 22.4. The summed E-state index contributed by atoms with van der Waals surface area (Å²) < 4.78 is 2.61. The number of anilines is 3. The summed E-state index contributed by atoms with van der Waals surface area (Å²) in [6.07, 6.45) is 0. The minimum Gasteiger partial charge on any atom is -0.310 e. The van der Waals surface area contributed by atoms with Crippen molar-refractivity contribution < 1.29 is 0 Å². The van der Waals surface area contributed by atoms with E-state index in [1.165, 1.54) is 82.7 Å². The summed E-state index contributed by atoms with van der Waals surface area (Å²) in [5, 5.41) is 7.70. The Morgan fingerprint density at radius 2 is 1.02 bits per heavy atom. The molecule has 0 N–H and O–H groups in total. The SMILES string of the molecule is CC1(C)c2cccc3c2-n2c4c1cccc4c1cc(N(c4ccccc4)c4cc5ccccc5c5ccccc45)cc(c12)C3(C)C. The number of hydrogen-bond donors (Lipinski definition) is 0. The van der Waals surface area contributed by atoms with Gasteiger partial charge in [-0.2, -0.15) is 0 Å². The highest BCUT2D eigenvalue weighted by Gasteiger charge is 2.43. The van der Waals surface area contributed by atoms with Crippen LogP contribution in [0.4, 0.5) is 17.1 Å². The van der Waals surface area contributed by atoms with Gasteiger partial charge in [-0.15, -0.1) is 0 Å². The molecule has 1 aromatic heterocycles. The van der Waals surface area contributed by atoms with Crippen molar-refractivity contribution in [2.24, 2.45) is 0 Å². The van der Waals surface area contributed by atoms with Crippen molar-refractivity contribution in [3.8, 4) is 5.69 Å². The Labute approximate surface area is 269 Å². The molecular weight excluding hydrogens is 556 g/mol. The molecule has 8 aromatic rings. The van der Waals surface area contributed by atoms with Crippen LogP contribution in [0.1, 0.15) is 49.9 Å². The lowest BCUT2D eigenvalue weighted by molar-refractivity contribution is 0.593. The van der Waals surface area contributed by atoms with Gasteiger partial charge in [0.1, 0.15) is 0 Å². The van der Waals surface area contributed by atoms with E-state index in [1.54, 1.807) is 0 Å². The Morgan fingerprint density at radius 3 is 1.80 bits per heavy atom. The largest absolute Gasteiger partial charge is 0.310 e. The second kappa shape index (κ2) is 8.68. The van der Waals surface area contributed by atoms with Crippen molar-refractivity contribution in [2.45, 2.75) is 38.5 Å². The maximum atomic E-state index is 2.61. The monoisotopic (exact) mass is 590 g/mol. The first-order valence-corrected chi connectivity index (χ1v) is 16.4. The molecule has 0 unspecified atom stereocenters. The standard InChI is InChI=1S/C44H34N2/c1-43(2)35-21-12-20-33-34-25-29(26-38-41(34)46(40(33)35)42-36(43)22-13-23-37(42)44(38,3)4)45(28-15-6-5-7-16-28)39-24-27-14-8-9-17-30(27)31-18-10-11-19-32(31)39/h5-26H,1-4H3. The minimum absolute atomic E-state index is 0.0915. The molecule has 0 amide bonds. The first-order valence-electron chi connectivity index (χ1n) is 16.4. The molecule has 7 aromatic carbocycles. The van der Waals surface area contributed by atoms with E-state index in [4.69, 9.17) is 0 Å². The Morgan fingerprint density at radius 1 is 0.435 bits per heavy atom. The van der Waals surface area contributed by atoms with Gasteiger partial charge in [0.25, 0.3) is 0 Å². The quantitative estimate of drug-likeness (QED) is 0.186. The van der Waals surface area contributed by atoms with Gasteiger partial charge >= 0.3 is 0 Å². The zero-order valence-corrected chi connectivity index (χ0v) is 26.6. The van der Waals surface area contributed by atoms with Crippen LogP contribution in [0.2, 0.25) is 0 Å². The van der Waals surface area contributed by atoms with E-state index in [1.807, 2.05) is 0 Å². The predicted molar refractivity (Wildman–Crippen MR) is 195 cm³/mol. The molecule has 3 heterocycles. The summed E-state index contributed by atoms with van der Waals surface area (Å²) in [4.78, 5) is 2.49. The van der Waals surface area contributed by atoms with Crippen LogP contribution in [-0.2, 0) is 10.8 Å². The third-order valence-electron chi connectivity index (χ3n) is 11.1. The van der Waals surface area contributed by atoms with E-state index >= 15 is 0 Å². The van der Waals surface area contributed by atoms with Crippen LogP contribution in [-0.4, -0.2) is 4.57 Å². The van der Waals surface area contributed by atoms with Crippen molar-refractivity contribution in [2.75, 3.05) is 4.90 Å². The molecule has 0 radical (unpaired) electrons. The van der Waals surface area contributed by atoms with Crippen molar-refractivity contribution >= 4 is 60.4 Å². The van der Waals surface area contributed by atoms with Gasteiger partial charge in [-0.1, -0.05) is 131 Å². The maximum absolute atomic E-state index is 2.61. The average molecular weight is 591 g/mol. The molecular formula is C44H34N2. The van der Waals surface area contributed by atoms with E-state index < -0.39 is 0 Å². The third kappa shape index (κ3) is 3.12. The van der Waals surface area contributed by atoms with Crippen molar-refractivity contribution in [3.05, 3.63) is 156 Å². The zero-order chi connectivity index (χ0) is 30.9. The molecule has 10 rings (SSSR count). The fourth-order valence-electron chi connectivity index (χ4n) is 8.82. The normalized spacial score (nSPS) is 15.3. The van der Waals surface area contributed by atoms with Gasteiger partial charge in [0.05, 0.1) is 22.4 Å². The van der Waals surface area contributed by atoms with E-state index in [2.05, 4.69) is 171 Å².